The number of hydrogen-bond acceptors (Lipinski definition) is 1. The van der Waals surface area contributed by atoms with E-state index in [0.717, 1.165) is 12.0 Å². The van der Waals surface area contributed by atoms with Gasteiger partial charge in [0.1, 0.15) is 0 Å². The highest BCUT2D eigenvalue weighted by Crippen LogP contribution is 2.47. The fraction of sp³-hybridized carbons (Fsp3) is 0.122. The van der Waals surface area contributed by atoms with Crippen LogP contribution in [0.3, 0.4) is 0 Å². The number of nitrogens with zero attached hydrogens (tertiary/aromatic N) is 2. The van der Waals surface area contributed by atoms with Gasteiger partial charge in [-0.2, -0.15) is 0 Å². The molecule has 0 spiro atoms. The van der Waals surface area contributed by atoms with Gasteiger partial charge in [-0.25, -0.2) is 0 Å². The quantitative estimate of drug-likeness (QED) is 0.173. The third kappa shape index (κ3) is 4.74. The zero-order valence-electron chi connectivity index (χ0n) is 29.2. The summed E-state index contributed by atoms with van der Waals surface area (Å²) in [4.78, 5) is 4.36. The first-order chi connectivity index (χ1) is 24.9. The normalized spacial score (nSPS) is 14.6. The maximum Gasteiger partial charge on any atom is 0.0537 e. The second kappa shape index (κ2) is 11.3. The molecule has 2 heterocycles. The van der Waals surface area contributed by atoms with Gasteiger partial charge in [-0.1, -0.05) is 130 Å². The van der Waals surface area contributed by atoms with Crippen LogP contribution in [0, 0.1) is 0 Å². The van der Waals surface area contributed by atoms with Gasteiger partial charge in [0, 0.05) is 35.1 Å². The van der Waals surface area contributed by atoms with Gasteiger partial charge in [0.15, 0.2) is 0 Å². The highest BCUT2D eigenvalue weighted by molar-refractivity contribution is 6.26. The summed E-state index contributed by atoms with van der Waals surface area (Å²) in [6.45, 7) is 6.93. The van der Waals surface area contributed by atoms with Crippen molar-refractivity contribution in [2.75, 3.05) is 0 Å². The molecule has 244 valence electrons. The number of fused-ring (bicyclic) bond motifs is 3. The third-order valence-corrected chi connectivity index (χ3v) is 11.1. The molecule has 10 rings (SSSR count). The molecule has 1 aliphatic carbocycles. The van der Waals surface area contributed by atoms with Gasteiger partial charge >= 0.3 is 0 Å². The summed E-state index contributed by atoms with van der Waals surface area (Å²) < 4.78 is 2.43. The Morgan fingerprint density at radius 3 is 2.10 bits per heavy atom. The summed E-state index contributed by atoms with van der Waals surface area (Å²) in [5, 5.41) is 9.38. The van der Waals surface area contributed by atoms with E-state index in [1.165, 1.54) is 88.0 Å². The van der Waals surface area contributed by atoms with Gasteiger partial charge in [0.2, 0.25) is 0 Å². The average molecular weight is 655 g/mol. The average Bonchev–Trinajstić information content (AvgIpc) is 3.50. The Bertz CT molecular complexity index is 2760. The first-order valence-corrected chi connectivity index (χ1v) is 18.0. The molecule has 7 aromatic carbocycles. The summed E-state index contributed by atoms with van der Waals surface area (Å²) in [6, 6.07) is 49.7. The van der Waals surface area contributed by atoms with Crippen molar-refractivity contribution >= 4 is 49.3 Å². The lowest BCUT2D eigenvalue weighted by molar-refractivity contribution is 0.591. The summed E-state index contributed by atoms with van der Waals surface area (Å²) >= 11 is 0. The van der Waals surface area contributed by atoms with Crippen LogP contribution in [-0.4, -0.2) is 9.55 Å². The molecule has 0 bridgehead atoms. The first kappa shape index (κ1) is 29.9. The predicted octanol–water partition coefficient (Wildman–Crippen LogP) is 12.9. The lowest BCUT2D eigenvalue weighted by Crippen LogP contribution is -2.11. The Morgan fingerprint density at radius 1 is 0.627 bits per heavy atom. The van der Waals surface area contributed by atoms with Crippen LogP contribution in [0.5, 0.6) is 0 Å². The Morgan fingerprint density at radius 2 is 1.35 bits per heavy atom. The molecule has 1 aliphatic rings. The molecule has 51 heavy (non-hydrogen) atoms. The summed E-state index contributed by atoms with van der Waals surface area (Å²) in [5.41, 5.74) is 12.8. The van der Waals surface area contributed by atoms with Crippen molar-refractivity contribution in [3.8, 4) is 27.9 Å². The first-order valence-electron chi connectivity index (χ1n) is 18.0. The molecule has 0 amide bonds. The topological polar surface area (TPSA) is 17.8 Å². The number of aromatic nitrogens is 2. The molecular formula is C49H38N2. The summed E-state index contributed by atoms with van der Waals surface area (Å²) in [5.74, 6) is 0.232. The van der Waals surface area contributed by atoms with E-state index in [4.69, 9.17) is 0 Å². The smallest absolute Gasteiger partial charge is 0.0537 e. The Kier molecular flexibility index (Phi) is 6.60. The van der Waals surface area contributed by atoms with E-state index in [0.29, 0.717) is 0 Å². The van der Waals surface area contributed by atoms with Gasteiger partial charge in [0.05, 0.1) is 5.52 Å². The number of pyridine rings is 1. The molecule has 0 saturated carbocycles. The van der Waals surface area contributed by atoms with E-state index in [-0.39, 0.29) is 11.3 Å². The lowest BCUT2D eigenvalue weighted by Gasteiger charge is -2.25. The molecule has 9 aromatic rings. The van der Waals surface area contributed by atoms with E-state index >= 15 is 0 Å². The third-order valence-electron chi connectivity index (χ3n) is 11.1. The predicted molar refractivity (Wildman–Crippen MR) is 216 cm³/mol. The van der Waals surface area contributed by atoms with Crippen molar-refractivity contribution in [2.24, 2.45) is 0 Å². The van der Waals surface area contributed by atoms with E-state index in [9.17, 15) is 0 Å². The fourth-order valence-electron chi connectivity index (χ4n) is 8.58. The SMILES string of the molecule is CC(C)(C)c1cc2ccc3c(-c4ccc(-c5cccnc5)cc4)cc(C4C=Cc5c(c6ccccc6n5-c5ccccc5)C4)c4ccc(c1)c2c34. The molecule has 2 heteroatoms. The highest BCUT2D eigenvalue weighted by atomic mass is 15.0. The van der Waals surface area contributed by atoms with Gasteiger partial charge in [-0.05, 0) is 120 Å². The Hall–Kier alpha value is -5.99. The maximum absolute atomic E-state index is 4.36. The minimum Gasteiger partial charge on any atom is -0.310 e. The number of benzene rings is 7. The molecule has 0 saturated heterocycles. The van der Waals surface area contributed by atoms with Crippen LogP contribution in [0.2, 0.25) is 0 Å². The van der Waals surface area contributed by atoms with Crippen molar-refractivity contribution in [3.05, 3.63) is 174 Å². The van der Waals surface area contributed by atoms with Crippen molar-refractivity contribution in [3.63, 3.8) is 0 Å². The number of hydrogen-bond donors (Lipinski definition) is 0. The summed E-state index contributed by atoms with van der Waals surface area (Å²) in [7, 11) is 0. The van der Waals surface area contributed by atoms with Crippen LogP contribution in [-0.2, 0) is 11.8 Å². The molecule has 0 radical (unpaired) electrons. The minimum absolute atomic E-state index is 0.0698. The molecule has 1 atom stereocenters. The van der Waals surface area contributed by atoms with Gasteiger partial charge in [0.25, 0.3) is 0 Å². The second-order valence-corrected chi connectivity index (χ2v) is 15.2. The van der Waals surface area contributed by atoms with Crippen LogP contribution in [0.1, 0.15) is 49.1 Å². The monoisotopic (exact) mass is 654 g/mol. The van der Waals surface area contributed by atoms with E-state index in [1.54, 1.807) is 0 Å². The molecule has 1 unspecified atom stereocenters. The van der Waals surface area contributed by atoms with E-state index in [1.807, 2.05) is 18.5 Å². The molecule has 2 aromatic heterocycles. The van der Waals surface area contributed by atoms with Crippen molar-refractivity contribution in [1.29, 1.82) is 0 Å². The minimum atomic E-state index is 0.0698. The van der Waals surface area contributed by atoms with Gasteiger partial charge in [-0.3, -0.25) is 4.98 Å². The fourth-order valence-corrected chi connectivity index (χ4v) is 8.58. The molecule has 0 aliphatic heterocycles. The van der Waals surface area contributed by atoms with Crippen molar-refractivity contribution in [2.45, 2.75) is 38.5 Å². The molecular weight excluding hydrogens is 617 g/mol. The van der Waals surface area contributed by atoms with Crippen LogP contribution < -0.4 is 0 Å². The molecule has 2 nitrogen and oxygen atoms in total. The van der Waals surface area contributed by atoms with Crippen LogP contribution in [0.4, 0.5) is 0 Å². The van der Waals surface area contributed by atoms with Gasteiger partial charge in [-0.15, -0.1) is 0 Å². The van der Waals surface area contributed by atoms with E-state index < -0.39 is 0 Å². The lowest BCUT2D eigenvalue weighted by atomic mass is 9.79. The maximum atomic E-state index is 4.36. The number of rotatable bonds is 4. The van der Waals surface area contributed by atoms with Crippen LogP contribution in [0.25, 0.3) is 77.2 Å². The van der Waals surface area contributed by atoms with Crippen molar-refractivity contribution in [1.82, 2.24) is 9.55 Å². The molecule has 0 N–H and O–H groups in total. The van der Waals surface area contributed by atoms with Crippen LogP contribution >= 0.6 is 0 Å². The summed E-state index contributed by atoms with van der Waals surface area (Å²) in [6.07, 6.45) is 9.56. The van der Waals surface area contributed by atoms with Gasteiger partial charge < -0.3 is 4.57 Å². The number of allylic oxidation sites excluding steroid dienone is 1. The zero-order chi connectivity index (χ0) is 34.3. The second-order valence-electron chi connectivity index (χ2n) is 15.2. The largest absolute Gasteiger partial charge is 0.310 e. The van der Waals surface area contributed by atoms with Crippen molar-refractivity contribution < 1.29 is 0 Å². The van der Waals surface area contributed by atoms with E-state index in [2.05, 4.69) is 170 Å². The number of para-hydroxylation sites is 2. The zero-order valence-corrected chi connectivity index (χ0v) is 29.2. The van der Waals surface area contributed by atoms with Crippen LogP contribution in [0.15, 0.2) is 152 Å². The molecule has 0 fully saturated rings. The standard InChI is InChI=1S/C49H38N2/c1-49(2,3)37-26-34-19-22-40-42(32-17-15-31(16-18-32)36-10-9-25-50-30-36)29-43(41-23-20-35(27-37)47(34)48(40)41)33-21-24-46-44(28-33)39-13-7-8-14-45(39)51(46)38-11-5-4-6-12-38/h4-27,29-30,33H,28H2,1-3H3. The highest BCUT2D eigenvalue weighted by Gasteiger charge is 2.27. The Labute approximate surface area is 298 Å². The Balaban J connectivity index is 1.20.